The standard InChI is InChI=1S/C7H10BN2O8P/c8-7(9-1(3(11)12)4(13)14)19-10-2(5(15)16)6(17)18/h1-2,7,9-10,19H,(H,11,12)(H,13,14)(H,15,16)(H,17,18). The fraction of sp³-hybridized carbons (Fsp3) is 0.429. The molecule has 0 aromatic heterocycles. The summed E-state index contributed by atoms with van der Waals surface area (Å²) in [6.45, 7) is 0. The van der Waals surface area contributed by atoms with E-state index in [1.54, 1.807) is 0 Å². The molecule has 104 valence electrons. The predicted octanol–water partition coefficient (Wildman–Crippen LogP) is -2.71. The largest absolute Gasteiger partial charge is 0.480 e. The molecule has 0 saturated carbocycles. The van der Waals surface area contributed by atoms with Crippen molar-refractivity contribution in [2.45, 2.75) is 17.8 Å². The van der Waals surface area contributed by atoms with Crippen molar-refractivity contribution in [2.75, 3.05) is 0 Å². The molecule has 2 radical (unpaired) electrons. The number of rotatable bonds is 9. The van der Waals surface area contributed by atoms with E-state index in [4.69, 9.17) is 28.3 Å². The Morgan fingerprint density at radius 1 is 0.842 bits per heavy atom. The normalized spacial score (nSPS) is 12.9. The molecule has 0 saturated heterocycles. The molecular weight excluding hydrogens is 282 g/mol. The van der Waals surface area contributed by atoms with E-state index in [0.29, 0.717) is 0 Å². The minimum Gasteiger partial charge on any atom is -0.480 e. The summed E-state index contributed by atoms with van der Waals surface area (Å²) in [4.78, 5) is 42.1. The Morgan fingerprint density at radius 3 is 1.53 bits per heavy atom. The van der Waals surface area contributed by atoms with Crippen molar-refractivity contribution in [1.82, 2.24) is 10.4 Å². The lowest BCUT2D eigenvalue weighted by molar-refractivity contribution is -0.152. The van der Waals surface area contributed by atoms with E-state index in [9.17, 15) is 19.2 Å². The average Bonchev–Trinajstić information content (AvgIpc) is 2.24. The minimum absolute atomic E-state index is 0.722. The van der Waals surface area contributed by atoms with Crippen LogP contribution < -0.4 is 10.4 Å². The molecule has 0 spiro atoms. The predicted molar refractivity (Wildman–Crippen MR) is 62.2 cm³/mol. The molecule has 0 fully saturated rings. The Hall–Kier alpha value is -1.71. The highest BCUT2D eigenvalue weighted by Crippen LogP contribution is 2.11. The third-order valence-electron chi connectivity index (χ3n) is 1.72. The SMILES string of the molecule is [B]C(NC(C(=O)O)C(=O)O)PNC(C(=O)O)C(=O)O. The molecule has 19 heavy (non-hydrogen) atoms. The van der Waals surface area contributed by atoms with Gasteiger partial charge in [0.25, 0.3) is 0 Å². The second kappa shape index (κ2) is 7.67. The highest BCUT2D eigenvalue weighted by molar-refractivity contribution is 7.38. The molecule has 0 aliphatic rings. The molecule has 0 aliphatic heterocycles. The lowest BCUT2D eigenvalue weighted by Crippen LogP contribution is -2.49. The zero-order valence-electron chi connectivity index (χ0n) is 9.23. The Bertz CT molecular complexity index is 363. The van der Waals surface area contributed by atoms with Gasteiger partial charge >= 0.3 is 23.9 Å². The zero-order chi connectivity index (χ0) is 15.2. The van der Waals surface area contributed by atoms with Crippen molar-refractivity contribution in [3.8, 4) is 0 Å². The number of hydrogen-bond donors (Lipinski definition) is 6. The number of carboxylic acid groups (broad SMARTS) is 4. The monoisotopic (exact) mass is 292 g/mol. The summed E-state index contributed by atoms with van der Waals surface area (Å²) >= 11 is 0. The van der Waals surface area contributed by atoms with Crippen LogP contribution in [0.1, 0.15) is 0 Å². The molecule has 12 heteroatoms. The summed E-state index contributed by atoms with van der Waals surface area (Å²) < 4.78 is 0. The highest BCUT2D eigenvalue weighted by Gasteiger charge is 2.29. The summed E-state index contributed by atoms with van der Waals surface area (Å²) in [5.74, 6) is -6.66. The summed E-state index contributed by atoms with van der Waals surface area (Å²) in [6.07, 6.45) is 0. The first kappa shape index (κ1) is 17.3. The van der Waals surface area contributed by atoms with Crippen LogP contribution >= 0.6 is 8.73 Å². The summed E-state index contributed by atoms with van der Waals surface area (Å²) in [5, 5.41) is 38.2. The van der Waals surface area contributed by atoms with Crippen molar-refractivity contribution in [3.05, 3.63) is 0 Å². The van der Waals surface area contributed by atoms with E-state index in [0.717, 1.165) is 0 Å². The Kier molecular flexibility index (Phi) is 6.98. The maximum absolute atomic E-state index is 10.5. The van der Waals surface area contributed by atoms with Gasteiger partial charge in [-0.15, -0.1) is 0 Å². The molecule has 0 heterocycles. The Labute approximate surface area is 109 Å². The maximum atomic E-state index is 10.5. The number of carbonyl (C=O) groups is 4. The zero-order valence-corrected chi connectivity index (χ0v) is 10.2. The minimum atomic E-state index is -1.97. The van der Waals surface area contributed by atoms with Crippen molar-refractivity contribution < 1.29 is 39.6 Å². The first-order chi connectivity index (χ1) is 8.66. The van der Waals surface area contributed by atoms with Gasteiger partial charge in [-0.2, -0.15) is 0 Å². The topological polar surface area (TPSA) is 173 Å². The summed E-state index contributed by atoms with van der Waals surface area (Å²) in [6, 6.07) is -3.89. The molecule has 10 nitrogen and oxygen atoms in total. The number of hydrogen-bond acceptors (Lipinski definition) is 6. The van der Waals surface area contributed by atoms with Crippen molar-refractivity contribution in [2.24, 2.45) is 0 Å². The molecule has 0 amide bonds. The maximum Gasteiger partial charge on any atom is 0.332 e. The van der Waals surface area contributed by atoms with Gasteiger partial charge in [0.1, 0.15) is 0 Å². The summed E-state index contributed by atoms with van der Waals surface area (Å²) in [5.41, 5.74) is -1.24. The molecule has 6 N–H and O–H groups in total. The van der Waals surface area contributed by atoms with Gasteiger partial charge in [-0.1, -0.05) is 0 Å². The van der Waals surface area contributed by atoms with E-state index < -0.39 is 50.4 Å². The van der Waals surface area contributed by atoms with Gasteiger partial charge in [0.15, 0.2) is 0 Å². The second-order valence-electron chi connectivity index (χ2n) is 3.15. The number of carboxylic acids is 4. The molecule has 2 atom stereocenters. The van der Waals surface area contributed by atoms with Crippen LogP contribution in [0.15, 0.2) is 0 Å². The van der Waals surface area contributed by atoms with Crippen LogP contribution in [-0.4, -0.2) is 69.9 Å². The quantitative estimate of drug-likeness (QED) is 0.149. The molecule has 0 bridgehead atoms. The van der Waals surface area contributed by atoms with Crippen LogP contribution in [0, 0.1) is 0 Å². The van der Waals surface area contributed by atoms with Gasteiger partial charge < -0.3 is 20.4 Å². The Balaban J connectivity index is 4.42. The molecule has 0 aromatic rings. The van der Waals surface area contributed by atoms with E-state index in [1.807, 2.05) is 5.32 Å². The van der Waals surface area contributed by atoms with Crippen LogP contribution in [0.3, 0.4) is 0 Å². The lowest BCUT2D eigenvalue weighted by Gasteiger charge is -2.19. The lowest BCUT2D eigenvalue weighted by atomic mass is 10.1. The number of aliphatic carboxylic acids is 4. The van der Waals surface area contributed by atoms with Gasteiger partial charge in [0.2, 0.25) is 12.1 Å². The third kappa shape index (κ3) is 6.14. The smallest absolute Gasteiger partial charge is 0.332 e. The van der Waals surface area contributed by atoms with Gasteiger partial charge in [-0.25, -0.2) is 19.2 Å². The average molecular weight is 292 g/mol. The number of nitrogens with one attached hydrogen (secondary N) is 2. The van der Waals surface area contributed by atoms with Crippen LogP contribution in [-0.2, 0) is 19.2 Å². The van der Waals surface area contributed by atoms with Crippen LogP contribution in [0.25, 0.3) is 0 Å². The van der Waals surface area contributed by atoms with Gasteiger partial charge in [0, 0.05) is 0 Å². The Morgan fingerprint density at radius 2 is 1.21 bits per heavy atom. The van der Waals surface area contributed by atoms with E-state index in [-0.39, 0.29) is 0 Å². The third-order valence-corrected chi connectivity index (χ3v) is 2.65. The summed E-state index contributed by atoms with van der Waals surface area (Å²) in [7, 11) is 4.60. The second-order valence-corrected chi connectivity index (χ2v) is 4.35. The highest BCUT2D eigenvalue weighted by atomic mass is 31.1. The van der Waals surface area contributed by atoms with Crippen molar-refractivity contribution in [3.63, 3.8) is 0 Å². The van der Waals surface area contributed by atoms with Crippen molar-refractivity contribution >= 4 is 40.5 Å². The van der Waals surface area contributed by atoms with Gasteiger partial charge in [-0.05, 0) is 14.4 Å². The molecule has 2 unspecified atom stereocenters. The van der Waals surface area contributed by atoms with E-state index in [1.165, 1.54) is 0 Å². The first-order valence-electron chi connectivity index (χ1n) is 4.60. The fourth-order valence-electron chi connectivity index (χ4n) is 0.872. The fourth-order valence-corrected chi connectivity index (χ4v) is 1.71. The van der Waals surface area contributed by atoms with Crippen LogP contribution in [0.2, 0.25) is 0 Å². The molecular formula is C7H10BN2O8P. The first-order valence-corrected chi connectivity index (χ1v) is 5.68. The molecule has 0 aliphatic carbocycles. The van der Waals surface area contributed by atoms with Crippen molar-refractivity contribution in [1.29, 1.82) is 0 Å². The molecule has 0 rings (SSSR count). The van der Waals surface area contributed by atoms with Crippen LogP contribution in [0.4, 0.5) is 0 Å². The van der Waals surface area contributed by atoms with Gasteiger partial charge in [-0.3, -0.25) is 10.4 Å². The van der Waals surface area contributed by atoms with Gasteiger partial charge in [0.05, 0.1) is 7.85 Å². The molecule has 0 aromatic carbocycles. The van der Waals surface area contributed by atoms with Crippen LogP contribution in [0.5, 0.6) is 0 Å². The van der Waals surface area contributed by atoms with E-state index >= 15 is 0 Å². The van der Waals surface area contributed by atoms with E-state index in [2.05, 4.69) is 5.09 Å².